The molecule has 7 heteroatoms. The second-order valence-electron chi connectivity index (χ2n) is 5.14. The highest BCUT2D eigenvalue weighted by Crippen LogP contribution is 2.33. The molecule has 0 unspecified atom stereocenters. The molecule has 0 fully saturated rings. The highest BCUT2D eigenvalue weighted by Gasteiger charge is 2.11. The fraction of sp³-hybridized carbons (Fsp3) is 0.200. The number of anilines is 2. The number of nitrogen functional groups attached to an aromatic ring is 2. The average Bonchev–Trinajstić information content (AvgIpc) is 2.48. The number of nitrogens with zero attached hydrogens (tertiary/aromatic N) is 4. The zero-order valence-electron chi connectivity index (χ0n) is 12.3. The minimum Gasteiger partial charge on any atom is -0.382 e. The molecule has 0 spiro atoms. The summed E-state index contributed by atoms with van der Waals surface area (Å²) in [6, 6.07) is 8.26. The van der Waals surface area contributed by atoms with Gasteiger partial charge < -0.3 is 11.5 Å². The van der Waals surface area contributed by atoms with Crippen LogP contribution < -0.4 is 11.5 Å². The van der Waals surface area contributed by atoms with Gasteiger partial charge in [0.2, 0.25) is 5.95 Å². The second kappa shape index (κ2) is 5.76. The number of hydrogen-bond donors (Lipinski definition) is 2. The Morgan fingerprint density at radius 2 is 1.82 bits per heavy atom. The van der Waals surface area contributed by atoms with Crippen molar-refractivity contribution < 1.29 is 0 Å². The molecular weight excluding hydrogens is 296 g/mol. The first-order chi connectivity index (χ1) is 10.5. The Bertz CT molecular complexity index is 833. The first-order valence-electron chi connectivity index (χ1n) is 6.87. The van der Waals surface area contributed by atoms with Gasteiger partial charge >= 0.3 is 0 Å². The summed E-state index contributed by atoms with van der Waals surface area (Å²) in [5.74, 6) is 0.782. The van der Waals surface area contributed by atoms with Crippen molar-refractivity contribution in [1.82, 2.24) is 19.9 Å². The summed E-state index contributed by atoms with van der Waals surface area (Å²) in [6.07, 6.45) is 1.68. The summed E-state index contributed by atoms with van der Waals surface area (Å²) >= 11 is 1.55. The quantitative estimate of drug-likeness (QED) is 0.766. The van der Waals surface area contributed by atoms with Crippen molar-refractivity contribution >= 4 is 34.7 Å². The summed E-state index contributed by atoms with van der Waals surface area (Å²) in [4.78, 5) is 17.9. The summed E-state index contributed by atoms with van der Waals surface area (Å²) in [7, 11) is 0. The van der Waals surface area contributed by atoms with E-state index < -0.39 is 0 Å². The minimum absolute atomic E-state index is 0.102. The van der Waals surface area contributed by atoms with Crippen LogP contribution in [0.15, 0.2) is 40.4 Å². The zero-order chi connectivity index (χ0) is 15.7. The van der Waals surface area contributed by atoms with Crippen LogP contribution in [0.4, 0.5) is 11.8 Å². The molecule has 4 N–H and O–H groups in total. The van der Waals surface area contributed by atoms with Crippen LogP contribution in [-0.4, -0.2) is 19.9 Å². The van der Waals surface area contributed by atoms with Crippen molar-refractivity contribution in [2.45, 2.75) is 29.7 Å². The topological polar surface area (TPSA) is 104 Å². The van der Waals surface area contributed by atoms with Crippen LogP contribution in [-0.2, 0) is 0 Å². The van der Waals surface area contributed by atoms with Gasteiger partial charge in [0.15, 0.2) is 17.0 Å². The van der Waals surface area contributed by atoms with Gasteiger partial charge in [0.25, 0.3) is 0 Å². The van der Waals surface area contributed by atoms with Crippen LogP contribution in [0.1, 0.15) is 25.3 Å². The van der Waals surface area contributed by atoms with Gasteiger partial charge in [-0.3, -0.25) is 0 Å². The smallest absolute Gasteiger partial charge is 0.224 e. The van der Waals surface area contributed by atoms with Gasteiger partial charge in [0.05, 0.1) is 6.20 Å². The number of aromatic nitrogens is 4. The van der Waals surface area contributed by atoms with E-state index in [-0.39, 0.29) is 11.8 Å². The largest absolute Gasteiger partial charge is 0.382 e. The van der Waals surface area contributed by atoms with Gasteiger partial charge in [-0.15, -0.1) is 0 Å². The molecule has 6 nitrogen and oxygen atoms in total. The predicted molar refractivity (Wildman–Crippen MR) is 88.6 cm³/mol. The van der Waals surface area contributed by atoms with Gasteiger partial charge in [-0.05, 0) is 17.5 Å². The summed E-state index contributed by atoms with van der Waals surface area (Å²) in [5.41, 5.74) is 13.6. The number of benzene rings is 1. The van der Waals surface area contributed by atoms with E-state index in [1.165, 1.54) is 5.56 Å². The van der Waals surface area contributed by atoms with E-state index in [0.717, 1.165) is 9.92 Å². The summed E-state index contributed by atoms with van der Waals surface area (Å²) < 4.78 is 0. The number of hydrogen-bond acceptors (Lipinski definition) is 7. The lowest BCUT2D eigenvalue weighted by molar-refractivity contribution is 0.842. The summed E-state index contributed by atoms with van der Waals surface area (Å²) in [5, 5.41) is 0.751. The van der Waals surface area contributed by atoms with Crippen LogP contribution in [0, 0.1) is 0 Å². The van der Waals surface area contributed by atoms with E-state index in [0.29, 0.717) is 17.1 Å². The molecule has 0 amide bonds. The average molecular weight is 312 g/mol. The molecule has 3 aromatic rings. The first kappa shape index (κ1) is 14.5. The Morgan fingerprint density at radius 3 is 2.59 bits per heavy atom. The molecule has 112 valence electrons. The summed E-state index contributed by atoms with van der Waals surface area (Å²) in [6.45, 7) is 4.33. The lowest BCUT2D eigenvalue weighted by Crippen LogP contribution is -2.03. The van der Waals surface area contributed by atoms with Crippen molar-refractivity contribution in [1.29, 1.82) is 0 Å². The van der Waals surface area contributed by atoms with Crippen LogP contribution in [0.3, 0.4) is 0 Å². The van der Waals surface area contributed by atoms with Crippen molar-refractivity contribution in [2.75, 3.05) is 11.5 Å². The molecule has 0 bridgehead atoms. The van der Waals surface area contributed by atoms with E-state index in [2.05, 4.69) is 45.9 Å². The van der Waals surface area contributed by atoms with Crippen LogP contribution in [0.5, 0.6) is 0 Å². The van der Waals surface area contributed by atoms with Gasteiger partial charge in [-0.2, -0.15) is 9.97 Å². The predicted octanol–water partition coefficient (Wildman–Crippen LogP) is 2.86. The highest BCUT2D eigenvalue weighted by molar-refractivity contribution is 7.99. The molecule has 0 aliphatic carbocycles. The Kier molecular flexibility index (Phi) is 3.81. The van der Waals surface area contributed by atoms with Gasteiger partial charge in [0, 0.05) is 4.90 Å². The van der Waals surface area contributed by atoms with Gasteiger partial charge in [-0.25, -0.2) is 9.97 Å². The normalized spacial score (nSPS) is 11.2. The van der Waals surface area contributed by atoms with E-state index in [1.54, 1.807) is 18.0 Å². The SMILES string of the molecule is CC(C)c1ccccc1Sc1cnc2nc(N)nc(N)c2n1. The molecule has 0 saturated heterocycles. The van der Waals surface area contributed by atoms with E-state index in [9.17, 15) is 0 Å². The third kappa shape index (κ3) is 2.80. The Hall–Kier alpha value is -2.41. The molecule has 2 heterocycles. The van der Waals surface area contributed by atoms with Gasteiger partial charge in [-0.1, -0.05) is 43.8 Å². The third-order valence-corrected chi connectivity index (χ3v) is 4.18. The minimum atomic E-state index is 0.102. The molecule has 0 atom stereocenters. The zero-order valence-corrected chi connectivity index (χ0v) is 13.1. The molecule has 0 aliphatic rings. The fourth-order valence-corrected chi connectivity index (χ4v) is 3.18. The standard InChI is InChI=1S/C15H16N6S/c1-8(2)9-5-3-4-6-10(9)22-11-7-18-14-12(19-11)13(16)20-15(17)21-14/h3-8H,1-2H3,(H4,16,17,18,20,21). The molecule has 0 saturated carbocycles. The lowest BCUT2D eigenvalue weighted by atomic mass is 10.0. The van der Waals surface area contributed by atoms with E-state index in [1.807, 2.05) is 12.1 Å². The molecule has 1 aromatic carbocycles. The number of nitrogens with two attached hydrogens (primary N) is 2. The molecule has 22 heavy (non-hydrogen) atoms. The van der Waals surface area contributed by atoms with Crippen molar-refractivity contribution in [3.05, 3.63) is 36.0 Å². The lowest BCUT2D eigenvalue weighted by Gasteiger charge is -2.11. The number of fused-ring (bicyclic) bond motifs is 1. The van der Waals surface area contributed by atoms with Gasteiger partial charge in [0.1, 0.15) is 5.03 Å². The maximum Gasteiger partial charge on any atom is 0.224 e. The monoisotopic (exact) mass is 312 g/mol. The maximum absolute atomic E-state index is 5.85. The van der Waals surface area contributed by atoms with Crippen molar-refractivity contribution in [3.63, 3.8) is 0 Å². The molecule has 2 aromatic heterocycles. The molecule has 3 rings (SSSR count). The Labute approximate surface area is 132 Å². The van der Waals surface area contributed by atoms with Crippen LogP contribution in [0.2, 0.25) is 0 Å². The molecular formula is C15H16N6S. The van der Waals surface area contributed by atoms with Crippen molar-refractivity contribution in [3.8, 4) is 0 Å². The number of rotatable bonds is 3. The van der Waals surface area contributed by atoms with E-state index >= 15 is 0 Å². The third-order valence-electron chi connectivity index (χ3n) is 3.18. The van der Waals surface area contributed by atoms with Crippen LogP contribution in [0.25, 0.3) is 11.2 Å². The second-order valence-corrected chi connectivity index (χ2v) is 6.20. The maximum atomic E-state index is 5.85. The fourth-order valence-electron chi connectivity index (χ4n) is 2.14. The van der Waals surface area contributed by atoms with E-state index in [4.69, 9.17) is 11.5 Å². The Morgan fingerprint density at radius 1 is 1.05 bits per heavy atom. The van der Waals surface area contributed by atoms with Crippen molar-refractivity contribution in [2.24, 2.45) is 0 Å². The Balaban J connectivity index is 2.02. The van der Waals surface area contributed by atoms with Crippen LogP contribution >= 0.6 is 11.8 Å². The molecule has 0 aliphatic heterocycles. The first-order valence-corrected chi connectivity index (χ1v) is 7.68. The highest BCUT2D eigenvalue weighted by atomic mass is 32.2. The molecule has 0 radical (unpaired) electrons.